The van der Waals surface area contributed by atoms with Crippen molar-refractivity contribution in [2.24, 2.45) is 11.7 Å². The molecule has 20 heavy (non-hydrogen) atoms. The predicted molar refractivity (Wildman–Crippen MR) is 88.6 cm³/mol. The van der Waals surface area contributed by atoms with E-state index in [0.717, 1.165) is 40.8 Å². The lowest BCUT2D eigenvalue weighted by molar-refractivity contribution is 0.355. The minimum atomic E-state index is -0.114. The molecule has 1 saturated carbocycles. The van der Waals surface area contributed by atoms with Gasteiger partial charge in [0.25, 0.3) is 0 Å². The molecule has 1 aliphatic rings. The fourth-order valence-corrected chi connectivity index (χ4v) is 3.81. The zero-order valence-electron chi connectivity index (χ0n) is 12.3. The Bertz CT molecular complexity index is 447. The van der Waals surface area contributed by atoms with Gasteiger partial charge in [0, 0.05) is 15.6 Å². The summed E-state index contributed by atoms with van der Waals surface area (Å²) in [6.45, 7) is 2.27. The molecule has 1 aromatic rings. The Labute approximate surface area is 132 Å². The van der Waals surface area contributed by atoms with Crippen molar-refractivity contribution >= 4 is 23.2 Å². The zero-order valence-corrected chi connectivity index (χ0v) is 13.8. The normalized spacial score (nSPS) is 27.3. The highest BCUT2D eigenvalue weighted by atomic mass is 35.5. The van der Waals surface area contributed by atoms with E-state index < -0.39 is 0 Å². The van der Waals surface area contributed by atoms with Crippen LogP contribution in [0.25, 0.3) is 0 Å². The Hall–Kier alpha value is -0.240. The largest absolute Gasteiger partial charge is 0.325 e. The van der Waals surface area contributed by atoms with Crippen LogP contribution in [0.2, 0.25) is 10.0 Å². The van der Waals surface area contributed by atoms with Crippen LogP contribution in [0.3, 0.4) is 0 Å². The standard InChI is InChI=1S/C17H25Cl2N/c1-2-4-13-5-3-9-17(20,10-8-13)12-14-11-15(18)6-7-16(14)19/h6-7,11,13H,2-5,8-10,12,20H2,1H3. The second-order valence-corrected chi connectivity index (χ2v) is 7.20. The van der Waals surface area contributed by atoms with Gasteiger partial charge in [0.05, 0.1) is 0 Å². The van der Waals surface area contributed by atoms with Gasteiger partial charge < -0.3 is 5.73 Å². The van der Waals surface area contributed by atoms with E-state index in [9.17, 15) is 0 Å². The Kier molecular flexibility index (Phi) is 5.77. The monoisotopic (exact) mass is 313 g/mol. The molecule has 112 valence electrons. The fourth-order valence-electron chi connectivity index (χ4n) is 3.44. The van der Waals surface area contributed by atoms with Gasteiger partial charge in [0.2, 0.25) is 0 Å². The van der Waals surface area contributed by atoms with Gasteiger partial charge in [-0.2, -0.15) is 0 Å². The lowest BCUT2D eigenvalue weighted by atomic mass is 9.84. The average molecular weight is 314 g/mol. The van der Waals surface area contributed by atoms with Crippen LogP contribution in [-0.4, -0.2) is 5.54 Å². The van der Waals surface area contributed by atoms with Crippen LogP contribution in [-0.2, 0) is 6.42 Å². The van der Waals surface area contributed by atoms with E-state index in [1.165, 1.54) is 32.1 Å². The first-order chi connectivity index (χ1) is 9.52. The van der Waals surface area contributed by atoms with E-state index in [4.69, 9.17) is 28.9 Å². The minimum absolute atomic E-state index is 0.114. The van der Waals surface area contributed by atoms with Crippen LogP contribution in [0.15, 0.2) is 18.2 Å². The van der Waals surface area contributed by atoms with Crippen molar-refractivity contribution < 1.29 is 0 Å². The Balaban J connectivity index is 2.05. The lowest BCUT2D eigenvalue weighted by Gasteiger charge is -2.29. The number of hydrogen-bond acceptors (Lipinski definition) is 1. The molecule has 1 aromatic carbocycles. The summed E-state index contributed by atoms with van der Waals surface area (Å²) in [5.74, 6) is 0.861. The van der Waals surface area contributed by atoms with Crippen LogP contribution in [0.4, 0.5) is 0 Å². The molecule has 1 aliphatic carbocycles. The number of benzene rings is 1. The van der Waals surface area contributed by atoms with Crippen molar-refractivity contribution in [1.29, 1.82) is 0 Å². The van der Waals surface area contributed by atoms with Gasteiger partial charge in [-0.15, -0.1) is 0 Å². The quantitative estimate of drug-likeness (QED) is 0.718. The minimum Gasteiger partial charge on any atom is -0.325 e. The highest BCUT2D eigenvalue weighted by Gasteiger charge is 2.29. The van der Waals surface area contributed by atoms with Crippen LogP contribution in [0.5, 0.6) is 0 Å². The molecule has 0 spiro atoms. The summed E-state index contributed by atoms with van der Waals surface area (Å²) in [7, 11) is 0. The first-order valence-corrected chi connectivity index (χ1v) is 8.51. The molecule has 1 nitrogen and oxygen atoms in total. The average Bonchev–Trinajstić information content (AvgIpc) is 2.57. The molecule has 2 unspecified atom stereocenters. The number of nitrogens with two attached hydrogens (primary N) is 1. The maximum atomic E-state index is 6.67. The molecule has 0 bridgehead atoms. The molecule has 0 heterocycles. The van der Waals surface area contributed by atoms with Crippen LogP contribution >= 0.6 is 23.2 Å². The van der Waals surface area contributed by atoms with Gasteiger partial charge in [-0.3, -0.25) is 0 Å². The third-order valence-electron chi connectivity index (χ3n) is 4.58. The molecule has 3 heteroatoms. The third-order valence-corrected chi connectivity index (χ3v) is 5.19. The summed E-state index contributed by atoms with van der Waals surface area (Å²) in [6.07, 6.45) is 9.47. The van der Waals surface area contributed by atoms with Gasteiger partial charge >= 0.3 is 0 Å². The predicted octanol–water partition coefficient (Wildman–Crippen LogP) is 5.61. The van der Waals surface area contributed by atoms with Crippen molar-refractivity contribution in [1.82, 2.24) is 0 Å². The third kappa shape index (κ3) is 4.38. The van der Waals surface area contributed by atoms with Crippen LogP contribution in [0.1, 0.15) is 57.4 Å². The fraction of sp³-hybridized carbons (Fsp3) is 0.647. The van der Waals surface area contributed by atoms with Gasteiger partial charge in [-0.1, -0.05) is 55.8 Å². The molecular weight excluding hydrogens is 289 g/mol. The molecular formula is C17H25Cl2N. The van der Waals surface area contributed by atoms with Gasteiger partial charge in [0.15, 0.2) is 0 Å². The summed E-state index contributed by atoms with van der Waals surface area (Å²) in [4.78, 5) is 0. The first-order valence-electron chi connectivity index (χ1n) is 7.75. The lowest BCUT2D eigenvalue weighted by Crippen LogP contribution is -2.41. The molecule has 0 radical (unpaired) electrons. The summed E-state index contributed by atoms with van der Waals surface area (Å²) < 4.78 is 0. The van der Waals surface area contributed by atoms with E-state index in [1.807, 2.05) is 18.2 Å². The first kappa shape index (κ1) is 16.1. The summed E-state index contributed by atoms with van der Waals surface area (Å²) in [6, 6.07) is 5.67. The van der Waals surface area contributed by atoms with Gasteiger partial charge in [-0.05, 0) is 55.4 Å². The van der Waals surface area contributed by atoms with Gasteiger partial charge in [-0.25, -0.2) is 0 Å². The van der Waals surface area contributed by atoms with Crippen molar-refractivity contribution in [2.75, 3.05) is 0 Å². The van der Waals surface area contributed by atoms with E-state index in [0.29, 0.717) is 0 Å². The van der Waals surface area contributed by atoms with E-state index in [1.54, 1.807) is 0 Å². The topological polar surface area (TPSA) is 26.0 Å². The second-order valence-electron chi connectivity index (χ2n) is 6.36. The van der Waals surface area contributed by atoms with E-state index in [-0.39, 0.29) is 5.54 Å². The molecule has 2 atom stereocenters. The van der Waals surface area contributed by atoms with Crippen LogP contribution in [0, 0.1) is 5.92 Å². The molecule has 2 rings (SSSR count). The Morgan fingerprint density at radius 3 is 2.80 bits per heavy atom. The van der Waals surface area contributed by atoms with Crippen molar-refractivity contribution in [3.8, 4) is 0 Å². The summed E-state index contributed by atoms with van der Waals surface area (Å²) in [5.41, 5.74) is 7.65. The Morgan fingerprint density at radius 2 is 2.05 bits per heavy atom. The van der Waals surface area contributed by atoms with Crippen molar-refractivity contribution in [2.45, 2.75) is 63.8 Å². The zero-order chi connectivity index (χ0) is 14.6. The maximum Gasteiger partial charge on any atom is 0.0439 e. The highest BCUT2D eigenvalue weighted by molar-refractivity contribution is 6.33. The summed E-state index contributed by atoms with van der Waals surface area (Å²) in [5, 5.41) is 1.53. The number of rotatable bonds is 4. The van der Waals surface area contributed by atoms with E-state index in [2.05, 4.69) is 6.92 Å². The molecule has 0 saturated heterocycles. The molecule has 0 aliphatic heterocycles. The number of halogens is 2. The van der Waals surface area contributed by atoms with Gasteiger partial charge in [0.1, 0.15) is 0 Å². The van der Waals surface area contributed by atoms with Crippen molar-refractivity contribution in [3.63, 3.8) is 0 Å². The maximum absolute atomic E-state index is 6.67. The molecule has 2 N–H and O–H groups in total. The smallest absolute Gasteiger partial charge is 0.0439 e. The SMILES string of the molecule is CCCC1CCCC(N)(Cc2cc(Cl)ccc2Cl)CC1. The summed E-state index contributed by atoms with van der Waals surface area (Å²) >= 11 is 12.4. The van der Waals surface area contributed by atoms with Crippen molar-refractivity contribution in [3.05, 3.63) is 33.8 Å². The molecule has 0 aromatic heterocycles. The molecule has 0 amide bonds. The number of hydrogen-bond donors (Lipinski definition) is 1. The molecule has 1 fully saturated rings. The highest BCUT2D eigenvalue weighted by Crippen LogP contribution is 2.35. The van der Waals surface area contributed by atoms with Crippen LogP contribution < -0.4 is 5.73 Å². The van der Waals surface area contributed by atoms with E-state index >= 15 is 0 Å². The Morgan fingerprint density at radius 1 is 1.25 bits per heavy atom. The second kappa shape index (κ2) is 7.15.